The number of hydrogen-bond acceptors (Lipinski definition) is 9. The van der Waals surface area contributed by atoms with Crippen LogP contribution in [0.4, 0.5) is 13.2 Å². The molecule has 0 radical (unpaired) electrons. The SMILES string of the molecule is O=C(O)c1cccc(-n2ncnc2[C@@H]2O[C@H](CCO)[C@H](O)[C@H](n3cc(-c4cc(F)c(F)c(F)c4)nn3)[C@H]2O)c1. The maximum atomic E-state index is 13.8. The second-order valence-electron chi connectivity index (χ2n) is 8.80. The van der Waals surface area contributed by atoms with E-state index < -0.39 is 53.9 Å². The smallest absolute Gasteiger partial charge is 0.335 e. The van der Waals surface area contributed by atoms with E-state index in [0.717, 1.165) is 16.8 Å². The van der Waals surface area contributed by atoms with Crippen LogP contribution in [0.25, 0.3) is 16.9 Å². The average Bonchev–Trinajstić information content (AvgIpc) is 3.59. The Morgan fingerprint density at radius 2 is 1.82 bits per heavy atom. The van der Waals surface area contributed by atoms with Crippen LogP contribution >= 0.6 is 0 Å². The molecule has 1 fully saturated rings. The third kappa shape index (κ3) is 4.87. The summed E-state index contributed by atoms with van der Waals surface area (Å²) in [5, 5.41) is 53.1. The van der Waals surface area contributed by atoms with Gasteiger partial charge in [0.25, 0.3) is 0 Å². The van der Waals surface area contributed by atoms with Crippen molar-refractivity contribution in [1.82, 2.24) is 29.8 Å². The molecule has 39 heavy (non-hydrogen) atoms. The summed E-state index contributed by atoms with van der Waals surface area (Å²) in [6, 6.07) is 6.02. The van der Waals surface area contributed by atoms with Gasteiger partial charge < -0.3 is 25.2 Å². The summed E-state index contributed by atoms with van der Waals surface area (Å²) in [5.74, 6) is -5.61. The van der Waals surface area contributed by atoms with Crippen molar-refractivity contribution in [2.75, 3.05) is 6.61 Å². The highest BCUT2D eigenvalue weighted by Crippen LogP contribution is 2.39. The first-order chi connectivity index (χ1) is 18.7. The molecule has 2 aromatic heterocycles. The summed E-state index contributed by atoms with van der Waals surface area (Å²) < 4.78 is 49.2. The number of ether oxygens (including phenoxy) is 1. The van der Waals surface area contributed by atoms with Gasteiger partial charge in [-0.3, -0.25) is 0 Å². The molecule has 0 saturated carbocycles. The molecule has 15 heteroatoms. The zero-order valence-electron chi connectivity index (χ0n) is 19.8. The summed E-state index contributed by atoms with van der Waals surface area (Å²) in [7, 11) is 0. The minimum atomic E-state index is -1.64. The first-order valence-corrected chi connectivity index (χ1v) is 11.6. The molecule has 1 aliphatic rings. The van der Waals surface area contributed by atoms with Crippen LogP contribution in [-0.4, -0.2) is 81.1 Å². The molecule has 0 spiro atoms. The Kier molecular flexibility index (Phi) is 7.14. The second-order valence-corrected chi connectivity index (χ2v) is 8.80. The minimum absolute atomic E-state index is 0.0191. The zero-order valence-corrected chi connectivity index (χ0v) is 19.8. The largest absolute Gasteiger partial charge is 0.478 e. The Hall–Kier alpha value is -4.18. The average molecular weight is 546 g/mol. The first kappa shape index (κ1) is 26.4. The van der Waals surface area contributed by atoms with Gasteiger partial charge in [0.2, 0.25) is 0 Å². The van der Waals surface area contributed by atoms with E-state index in [2.05, 4.69) is 20.4 Å². The number of carbonyl (C=O) groups is 1. The monoisotopic (exact) mass is 546 g/mol. The maximum Gasteiger partial charge on any atom is 0.335 e. The normalized spacial score (nSPS) is 23.2. The Bertz CT molecular complexity index is 1490. The summed E-state index contributed by atoms with van der Waals surface area (Å²) >= 11 is 0. The number of nitrogens with zero attached hydrogens (tertiary/aromatic N) is 6. The number of aliphatic hydroxyl groups excluding tert-OH is 3. The van der Waals surface area contributed by atoms with Gasteiger partial charge in [0.05, 0.1) is 23.6 Å². The molecule has 204 valence electrons. The van der Waals surface area contributed by atoms with Crippen molar-refractivity contribution in [3.63, 3.8) is 0 Å². The van der Waals surface area contributed by atoms with E-state index in [4.69, 9.17) is 4.74 Å². The van der Waals surface area contributed by atoms with Gasteiger partial charge in [0, 0.05) is 12.2 Å². The fourth-order valence-electron chi connectivity index (χ4n) is 4.52. The lowest BCUT2D eigenvalue weighted by Gasteiger charge is -2.42. The van der Waals surface area contributed by atoms with E-state index in [0.29, 0.717) is 5.69 Å². The Labute approximate surface area is 217 Å². The molecule has 2 aromatic carbocycles. The summed E-state index contributed by atoms with van der Waals surface area (Å²) in [6.07, 6.45) is -2.91. The van der Waals surface area contributed by atoms with Crippen LogP contribution < -0.4 is 0 Å². The van der Waals surface area contributed by atoms with Gasteiger partial charge >= 0.3 is 5.97 Å². The minimum Gasteiger partial charge on any atom is -0.478 e. The number of rotatable bonds is 7. The fourth-order valence-corrected chi connectivity index (χ4v) is 4.52. The molecule has 12 nitrogen and oxygen atoms in total. The van der Waals surface area contributed by atoms with Crippen molar-refractivity contribution in [3.8, 4) is 16.9 Å². The van der Waals surface area contributed by atoms with E-state index in [1.54, 1.807) is 6.07 Å². The van der Waals surface area contributed by atoms with Gasteiger partial charge in [-0.2, -0.15) is 5.10 Å². The molecule has 1 aliphatic heterocycles. The van der Waals surface area contributed by atoms with Crippen LogP contribution in [0.15, 0.2) is 48.9 Å². The fraction of sp³-hybridized carbons (Fsp3) is 0.292. The lowest BCUT2D eigenvalue weighted by molar-refractivity contribution is -0.205. The highest BCUT2D eigenvalue weighted by atomic mass is 19.2. The Morgan fingerprint density at radius 1 is 1.08 bits per heavy atom. The first-order valence-electron chi connectivity index (χ1n) is 11.6. The van der Waals surface area contributed by atoms with Crippen LogP contribution in [0.1, 0.15) is 34.7 Å². The van der Waals surface area contributed by atoms with E-state index in [9.17, 15) is 38.4 Å². The second kappa shape index (κ2) is 10.5. The highest BCUT2D eigenvalue weighted by Gasteiger charge is 2.48. The lowest BCUT2D eigenvalue weighted by Crippen LogP contribution is -2.52. The van der Waals surface area contributed by atoms with Gasteiger partial charge in [0.15, 0.2) is 23.3 Å². The third-order valence-electron chi connectivity index (χ3n) is 6.39. The number of carboxylic acids is 1. The van der Waals surface area contributed by atoms with Crippen molar-refractivity contribution in [1.29, 1.82) is 0 Å². The number of aromatic nitrogens is 6. The summed E-state index contributed by atoms with van der Waals surface area (Å²) in [4.78, 5) is 15.6. The van der Waals surface area contributed by atoms with E-state index >= 15 is 0 Å². The van der Waals surface area contributed by atoms with Crippen molar-refractivity contribution < 1.29 is 43.1 Å². The van der Waals surface area contributed by atoms with Crippen molar-refractivity contribution in [2.45, 2.75) is 36.9 Å². The van der Waals surface area contributed by atoms with Gasteiger partial charge in [-0.05, 0) is 36.8 Å². The Balaban J connectivity index is 1.52. The molecule has 4 N–H and O–H groups in total. The Morgan fingerprint density at radius 3 is 2.51 bits per heavy atom. The van der Waals surface area contributed by atoms with Gasteiger partial charge in [-0.25, -0.2) is 32.3 Å². The van der Waals surface area contributed by atoms with Crippen LogP contribution in [0.2, 0.25) is 0 Å². The van der Waals surface area contributed by atoms with Crippen LogP contribution in [0.5, 0.6) is 0 Å². The van der Waals surface area contributed by atoms with Crippen LogP contribution in [0, 0.1) is 17.5 Å². The quantitative estimate of drug-likeness (QED) is 0.249. The van der Waals surface area contributed by atoms with E-state index in [1.165, 1.54) is 35.4 Å². The topological polar surface area (TPSA) is 169 Å². The molecule has 5 rings (SSSR count). The predicted molar refractivity (Wildman–Crippen MR) is 124 cm³/mol. The molecule has 3 heterocycles. The number of benzene rings is 2. The molecule has 5 atom stereocenters. The summed E-state index contributed by atoms with van der Waals surface area (Å²) in [5.41, 5.74) is 0.0927. The summed E-state index contributed by atoms with van der Waals surface area (Å²) in [6.45, 7) is -0.374. The molecular weight excluding hydrogens is 525 g/mol. The molecule has 4 aromatic rings. The van der Waals surface area contributed by atoms with Gasteiger partial charge in [0.1, 0.15) is 36.4 Å². The molecule has 1 saturated heterocycles. The van der Waals surface area contributed by atoms with Gasteiger partial charge in [-0.15, -0.1) is 5.10 Å². The van der Waals surface area contributed by atoms with Gasteiger partial charge in [-0.1, -0.05) is 11.3 Å². The maximum absolute atomic E-state index is 13.8. The number of carboxylic acid groups (broad SMARTS) is 1. The van der Waals surface area contributed by atoms with E-state index in [1.807, 2.05) is 0 Å². The highest BCUT2D eigenvalue weighted by molar-refractivity contribution is 5.88. The number of hydrogen-bond donors (Lipinski definition) is 4. The number of aromatic carboxylic acids is 1. The van der Waals surface area contributed by atoms with Crippen molar-refractivity contribution >= 4 is 5.97 Å². The molecular formula is C24H21F3N6O6. The lowest BCUT2D eigenvalue weighted by atomic mass is 9.90. The molecule has 0 unspecified atom stereocenters. The zero-order chi connectivity index (χ0) is 27.8. The van der Waals surface area contributed by atoms with Crippen LogP contribution in [-0.2, 0) is 4.74 Å². The molecule has 0 aliphatic carbocycles. The predicted octanol–water partition coefficient (Wildman–Crippen LogP) is 1.43. The molecule has 0 amide bonds. The van der Waals surface area contributed by atoms with E-state index in [-0.39, 0.29) is 35.7 Å². The van der Waals surface area contributed by atoms with Crippen LogP contribution in [0.3, 0.4) is 0 Å². The number of aliphatic hydroxyl groups is 3. The standard InChI is InChI=1S/C24H21F3N6O6/c25-14-7-12(8-15(26)18(14)27)16-9-32(31-30-16)19-20(35)17(4-5-34)39-22(21(19)36)23-28-10-29-33(23)13-3-1-2-11(6-13)24(37)38/h1-3,6-10,17,19-22,34-36H,4-5H2,(H,37,38)/t17-,19+,20+,21-,22-/m1/s1. The third-order valence-corrected chi connectivity index (χ3v) is 6.39. The van der Waals surface area contributed by atoms with Crippen molar-refractivity contribution in [3.05, 3.63) is 77.8 Å². The number of halogens is 3. The van der Waals surface area contributed by atoms with Crippen molar-refractivity contribution in [2.24, 2.45) is 0 Å². The molecule has 0 bridgehead atoms.